The predicted molar refractivity (Wildman–Crippen MR) is 87.4 cm³/mol. The van der Waals surface area contributed by atoms with Gasteiger partial charge in [0.25, 0.3) is 5.91 Å². The minimum Gasteiger partial charge on any atom is -0.483 e. The van der Waals surface area contributed by atoms with Crippen LogP contribution in [-0.4, -0.2) is 23.5 Å². The maximum Gasteiger partial charge on any atom is 0.258 e. The summed E-state index contributed by atoms with van der Waals surface area (Å²) in [7, 11) is 0. The molecule has 0 bridgehead atoms. The number of carbonyl (C=O) groups is 1. The lowest BCUT2D eigenvalue weighted by Crippen LogP contribution is -2.38. The van der Waals surface area contributed by atoms with Gasteiger partial charge in [0.15, 0.2) is 6.61 Å². The fourth-order valence-electron chi connectivity index (χ4n) is 2.29. The van der Waals surface area contributed by atoms with Gasteiger partial charge in [0.05, 0.1) is 5.56 Å². The van der Waals surface area contributed by atoms with Crippen molar-refractivity contribution in [2.24, 2.45) is 11.7 Å². The Morgan fingerprint density at radius 1 is 1.48 bits per heavy atom. The van der Waals surface area contributed by atoms with Crippen LogP contribution in [0.15, 0.2) is 24.3 Å². The minimum atomic E-state index is -0.0970. The highest BCUT2D eigenvalue weighted by atomic mass is 32.1. The van der Waals surface area contributed by atoms with E-state index in [2.05, 4.69) is 12.2 Å². The number of hydrogen-bond acceptors (Lipinski definition) is 3. The molecule has 1 fully saturated rings. The Balaban J connectivity index is 1.84. The quantitative estimate of drug-likeness (QED) is 0.724. The topological polar surface area (TPSA) is 64.3 Å². The number of hydrogen-bond donors (Lipinski definition) is 2. The molecule has 5 heteroatoms. The lowest BCUT2D eigenvalue weighted by Gasteiger charge is -2.17. The van der Waals surface area contributed by atoms with Crippen molar-refractivity contribution < 1.29 is 9.53 Å². The number of ether oxygens (including phenoxy) is 1. The van der Waals surface area contributed by atoms with Gasteiger partial charge in [0.2, 0.25) is 0 Å². The maximum absolute atomic E-state index is 12.0. The largest absolute Gasteiger partial charge is 0.483 e. The summed E-state index contributed by atoms with van der Waals surface area (Å²) in [6.07, 6.45) is 4.62. The molecule has 0 aromatic heterocycles. The molecule has 3 N–H and O–H groups in total. The Kier molecular flexibility index (Phi) is 5.56. The van der Waals surface area contributed by atoms with Gasteiger partial charge in [0, 0.05) is 6.04 Å². The number of nitrogens with one attached hydrogen (secondary N) is 1. The van der Waals surface area contributed by atoms with Crippen molar-refractivity contribution in [1.82, 2.24) is 5.32 Å². The third kappa shape index (κ3) is 5.01. The molecule has 0 spiro atoms. The van der Waals surface area contributed by atoms with Crippen molar-refractivity contribution in [3.8, 4) is 5.75 Å². The molecule has 0 saturated heterocycles. The van der Waals surface area contributed by atoms with Crippen molar-refractivity contribution in [2.45, 2.75) is 38.6 Å². The summed E-state index contributed by atoms with van der Waals surface area (Å²) in [6.45, 7) is 2.08. The van der Waals surface area contributed by atoms with Crippen LogP contribution in [0.25, 0.3) is 0 Å². The molecule has 1 aliphatic carbocycles. The van der Waals surface area contributed by atoms with E-state index < -0.39 is 0 Å². The van der Waals surface area contributed by atoms with Gasteiger partial charge in [-0.1, -0.05) is 44.1 Å². The van der Waals surface area contributed by atoms with Crippen molar-refractivity contribution in [3.63, 3.8) is 0 Å². The zero-order valence-electron chi connectivity index (χ0n) is 12.3. The van der Waals surface area contributed by atoms with Gasteiger partial charge in [-0.05, 0) is 30.9 Å². The molecule has 1 amide bonds. The number of nitrogens with two attached hydrogens (primary N) is 1. The third-order valence-corrected chi connectivity index (χ3v) is 3.90. The number of benzene rings is 1. The summed E-state index contributed by atoms with van der Waals surface area (Å²) in [4.78, 5) is 12.2. The number of rotatable bonds is 8. The Hall–Kier alpha value is -1.62. The zero-order chi connectivity index (χ0) is 15.2. The molecule has 0 aliphatic heterocycles. The van der Waals surface area contributed by atoms with Gasteiger partial charge < -0.3 is 15.8 Å². The summed E-state index contributed by atoms with van der Waals surface area (Å²) in [5, 5.41) is 3.03. The Morgan fingerprint density at radius 2 is 2.19 bits per heavy atom. The van der Waals surface area contributed by atoms with Gasteiger partial charge in [-0.2, -0.15) is 0 Å². The van der Waals surface area contributed by atoms with Crippen LogP contribution < -0.4 is 15.8 Å². The molecule has 21 heavy (non-hydrogen) atoms. The van der Waals surface area contributed by atoms with Gasteiger partial charge in [-0.3, -0.25) is 4.79 Å². The summed E-state index contributed by atoms with van der Waals surface area (Å²) < 4.78 is 5.55. The average Bonchev–Trinajstić information content (AvgIpc) is 3.28. The van der Waals surface area contributed by atoms with Gasteiger partial charge >= 0.3 is 0 Å². The summed E-state index contributed by atoms with van der Waals surface area (Å²) in [5.74, 6) is 1.25. The second-order valence-corrected chi connectivity index (χ2v) is 5.94. The second-order valence-electron chi connectivity index (χ2n) is 5.50. The Morgan fingerprint density at radius 3 is 2.81 bits per heavy atom. The van der Waals surface area contributed by atoms with Crippen LogP contribution in [-0.2, 0) is 4.79 Å². The van der Waals surface area contributed by atoms with Gasteiger partial charge in [-0.25, -0.2) is 0 Å². The van der Waals surface area contributed by atoms with Crippen molar-refractivity contribution in [3.05, 3.63) is 29.8 Å². The first-order chi connectivity index (χ1) is 10.1. The molecule has 1 aromatic carbocycles. The van der Waals surface area contributed by atoms with Crippen LogP contribution in [0.3, 0.4) is 0 Å². The highest BCUT2D eigenvalue weighted by molar-refractivity contribution is 7.80. The van der Waals surface area contributed by atoms with Crippen LogP contribution in [0.5, 0.6) is 5.75 Å². The fourth-order valence-corrected chi connectivity index (χ4v) is 2.46. The van der Waals surface area contributed by atoms with E-state index in [-0.39, 0.29) is 23.5 Å². The molecule has 0 radical (unpaired) electrons. The molecule has 4 nitrogen and oxygen atoms in total. The summed E-state index contributed by atoms with van der Waals surface area (Å²) >= 11 is 4.97. The van der Waals surface area contributed by atoms with E-state index in [1.165, 1.54) is 12.8 Å². The molecule has 114 valence electrons. The molecule has 1 saturated carbocycles. The number of carbonyl (C=O) groups excluding carboxylic acids is 1. The molecule has 1 unspecified atom stereocenters. The lowest BCUT2D eigenvalue weighted by molar-refractivity contribution is -0.123. The molecule has 2 rings (SSSR count). The van der Waals surface area contributed by atoms with Gasteiger partial charge in [0.1, 0.15) is 10.7 Å². The normalized spacial score (nSPS) is 15.3. The van der Waals surface area contributed by atoms with Crippen LogP contribution in [0.1, 0.15) is 38.2 Å². The van der Waals surface area contributed by atoms with Crippen LogP contribution in [0.4, 0.5) is 0 Å². The average molecular weight is 306 g/mol. The van der Waals surface area contributed by atoms with Crippen molar-refractivity contribution in [2.75, 3.05) is 6.61 Å². The van der Waals surface area contributed by atoms with Crippen molar-refractivity contribution >= 4 is 23.1 Å². The molecule has 1 atom stereocenters. The molecular formula is C16H22N2O2S. The standard InChI is InChI=1S/C16H22N2O2S/c1-2-12(9-11-7-8-11)18-15(19)10-20-14-6-4-3-5-13(14)16(17)21/h3-6,11-12H,2,7-10H2,1H3,(H2,17,21)(H,18,19). The fraction of sp³-hybridized carbons (Fsp3) is 0.500. The number of thiocarbonyl (C=S) groups is 1. The van der Waals surface area contributed by atoms with E-state index in [4.69, 9.17) is 22.7 Å². The van der Waals surface area contributed by atoms with E-state index in [0.717, 1.165) is 18.8 Å². The van der Waals surface area contributed by atoms with Gasteiger partial charge in [-0.15, -0.1) is 0 Å². The summed E-state index contributed by atoms with van der Waals surface area (Å²) in [5.41, 5.74) is 6.29. The molecule has 0 heterocycles. The van der Waals surface area contributed by atoms with Crippen LogP contribution in [0.2, 0.25) is 0 Å². The van der Waals surface area contributed by atoms with Crippen LogP contribution in [0, 0.1) is 5.92 Å². The van der Waals surface area contributed by atoms with Crippen molar-refractivity contribution in [1.29, 1.82) is 0 Å². The highest BCUT2D eigenvalue weighted by Crippen LogP contribution is 2.34. The van der Waals surface area contributed by atoms with E-state index in [1.54, 1.807) is 12.1 Å². The molecular weight excluding hydrogens is 284 g/mol. The third-order valence-electron chi connectivity index (χ3n) is 3.68. The Labute approximate surface area is 131 Å². The second kappa shape index (κ2) is 7.41. The summed E-state index contributed by atoms with van der Waals surface area (Å²) in [6, 6.07) is 7.47. The molecule has 1 aromatic rings. The highest BCUT2D eigenvalue weighted by Gasteiger charge is 2.25. The zero-order valence-corrected chi connectivity index (χ0v) is 13.1. The van der Waals surface area contributed by atoms with E-state index in [1.807, 2.05) is 12.1 Å². The molecule has 1 aliphatic rings. The SMILES string of the molecule is CCC(CC1CC1)NC(=O)COc1ccccc1C(N)=S. The Bertz CT molecular complexity index is 515. The number of amides is 1. The van der Waals surface area contributed by atoms with E-state index in [0.29, 0.717) is 11.3 Å². The van der Waals surface area contributed by atoms with Crippen LogP contribution >= 0.6 is 12.2 Å². The monoisotopic (exact) mass is 306 g/mol. The maximum atomic E-state index is 12.0. The lowest BCUT2D eigenvalue weighted by atomic mass is 10.1. The minimum absolute atomic E-state index is 0.0131. The van der Waals surface area contributed by atoms with E-state index in [9.17, 15) is 4.79 Å². The first-order valence-corrected chi connectivity index (χ1v) is 7.82. The van der Waals surface area contributed by atoms with E-state index >= 15 is 0 Å². The first kappa shape index (κ1) is 15.8. The predicted octanol–water partition coefficient (Wildman–Crippen LogP) is 2.39. The first-order valence-electron chi connectivity index (χ1n) is 7.41. The smallest absolute Gasteiger partial charge is 0.258 e. The number of para-hydroxylation sites is 1.